The molecule has 0 aromatic carbocycles. The predicted octanol–water partition coefficient (Wildman–Crippen LogP) is 1.22. The van der Waals surface area contributed by atoms with Crippen molar-refractivity contribution in [3.05, 3.63) is 17.3 Å². The maximum atomic E-state index is 10.6. The molecule has 1 rings (SSSR count). The molecule has 0 radical (unpaired) electrons. The normalized spacial score (nSPS) is 9.46. The highest BCUT2D eigenvalue weighted by molar-refractivity contribution is 5.81. The van der Waals surface area contributed by atoms with Crippen molar-refractivity contribution in [1.29, 1.82) is 0 Å². The summed E-state index contributed by atoms with van der Waals surface area (Å²) < 4.78 is 9.94. The summed E-state index contributed by atoms with van der Waals surface area (Å²) in [6, 6.07) is 1.58. The van der Waals surface area contributed by atoms with Crippen LogP contribution in [0.1, 0.15) is 16.1 Å². The fraction of sp³-hybridized carbons (Fsp3) is 0.333. The first kappa shape index (κ1) is 9.51. The van der Waals surface area contributed by atoms with E-state index in [0.717, 1.165) is 6.29 Å². The Hall–Kier alpha value is -1.58. The first-order chi connectivity index (χ1) is 6.22. The molecule has 4 heteroatoms. The van der Waals surface area contributed by atoms with E-state index in [1.54, 1.807) is 13.0 Å². The third kappa shape index (κ3) is 1.77. The van der Waals surface area contributed by atoms with E-state index in [-0.39, 0.29) is 0 Å². The molecule has 1 heterocycles. The zero-order valence-corrected chi connectivity index (χ0v) is 7.83. The number of pyridine rings is 1. The number of rotatable bonds is 3. The van der Waals surface area contributed by atoms with Crippen molar-refractivity contribution in [3.8, 4) is 11.6 Å². The molecule has 4 nitrogen and oxygen atoms in total. The maximum absolute atomic E-state index is 10.6. The van der Waals surface area contributed by atoms with Gasteiger partial charge in [-0.1, -0.05) is 0 Å². The Bertz CT molecular complexity index is 323. The second kappa shape index (κ2) is 3.89. The van der Waals surface area contributed by atoms with Crippen molar-refractivity contribution in [2.24, 2.45) is 0 Å². The maximum Gasteiger partial charge on any atom is 0.216 e. The Morgan fingerprint density at radius 1 is 1.38 bits per heavy atom. The van der Waals surface area contributed by atoms with Gasteiger partial charge in [0.1, 0.15) is 5.75 Å². The molecule has 0 unspecified atom stereocenters. The van der Waals surface area contributed by atoms with Crippen molar-refractivity contribution >= 4 is 6.29 Å². The van der Waals surface area contributed by atoms with E-state index in [2.05, 4.69) is 4.98 Å². The lowest BCUT2D eigenvalue weighted by Crippen LogP contribution is -1.99. The minimum atomic E-state index is 0.444. The summed E-state index contributed by atoms with van der Waals surface area (Å²) in [5, 5.41) is 0. The standard InChI is InChI=1S/C9H11NO3/c1-6-7(5-11)8(12-2)4-9(10-6)13-3/h4-5H,1-3H3. The number of hydrogen-bond acceptors (Lipinski definition) is 4. The second-order valence-corrected chi connectivity index (χ2v) is 2.48. The van der Waals surface area contributed by atoms with Gasteiger partial charge in [0.05, 0.1) is 25.5 Å². The van der Waals surface area contributed by atoms with E-state index in [4.69, 9.17) is 9.47 Å². The van der Waals surface area contributed by atoms with Gasteiger partial charge in [-0.3, -0.25) is 4.79 Å². The molecule has 1 aromatic rings. The van der Waals surface area contributed by atoms with Gasteiger partial charge in [0.25, 0.3) is 0 Å². The average molecular weight is 181 g/mol. The van der Waals surface area contributed by atoms with Gasteiger partial charge in [0.15, 0.2) is 6.29 Å². The van der Waals surface area contributed by atoms with Crippen LogP contribution in [0.5, 0.6) is 11.6 Å². The van der Waals surface area contributed by atoms with Crippen LogP contribution in [0.2, 0.25) is 0 Å². The van der Waals surface area contributed by atoms with Gasteiger partial charge in [-0.2, -0.15) is 0 Å². The van der Waals surface area contributed by atoms with Crippen LogP contribution in [0.3, 0.4) is 0 Å². The van der Waals surface area contributed by atoms with E-state index in [0.29, 0.717) is 22.9 Å². The minimum Gasteiger partial charge on any atom is -0.496 e. The fourth-order valence-electron chi connectivity index (χ4n) is 1.04. The Balaban J connectivity index is 3.28. The van der Waals surface area contributed by atoms with E-state index < -0.39 is 0 Å². The van der Waals surface area contributed by atoms with E-state index in [9.17, 15) is 4.79 Å². The smallest absolute Gasteiger partial charge is 0.216 e. The Labute approximate surface area is 76.5 Å². The Morgan fingerprint density at radius 3 is 2.54 bits per heavy atom. The van der Waals surface area contributed by atoms with Crippen LogP contribution in [0.15, 0.2) is 6.07 Å². The number of ether oxygens (including phenoxy) is 2. The SMILES string of the molecule is COc1cc(OC)c(C=O)c(C)n1. The van der Waals surface area contributed by atoms with Crippen molar-refractivity contribution in [2.45, 2.75) is 6.92 Å². The van der Waals surface area contributed by atoms with Gasteiger partial charge < -0.3 is 9.47 Å². The third-order valence-electron chi connectivity index (χ3n) is 1.73. The summed E-state index contributed by atoms with van der Waals surface area (Å²) in [6.07, 6.45) is 0.723. The van der Waals surface area contributed by atoms with Crippen LogP contribution >= 0.6 is 0 Å². The lowest BCUT2D eigenvalue weighted by atomic mass is 10.2. The Morgan fingerprint density at radius 2 is 2.08 bits per heavy atom. The molecule has 0 amide bonds. The third-order valence-corrected chi connectivity index (χ3v) is 1.73. The molecule has 0 aliphatic carbocycles. The summed E-state index contributed by atoms with van der Waals surface area (Å²) in [5.74, 6) is 0.930. The molecule has 13 heavy (non-hydrogen) atoms. The molecule has 0 aliphatic heterocycles. The second-order valence-electron chi connectivity index (χ2n) is 2.48. The lowest BCUT2D eigenvalue weighted by molar-refractivity contribution is 0.111. The fourth-order valence-corrected chi connectivity index (χ4v) is 1.04. The van der Waals surface area contributed by atoms with Crippen molar-refractivity contribution in [1.82, 2.24) is 4.98 Å². The highest BCUT2D eigenvalue weighted by atomic mass is 16.5. The van der Waals surface area contributed by atoms with Gasteiger partial charge in [-0.05, 0) is 6.92 Å². The number of nitrogens with zero attached hydrogens (tertiary/aromatic N) is 1. The number of methoxy groups -OCH3 is 2. The summed E-state index contributed by atoms with van der Waals surface area (Å²) in [4.78, 5) is 14.7. The highest BCUT2D eigenvalue weighted by Gasteiger charge is 2.09. The lowest BCUT2D eigenvalue weighted by Gasteiger charge is -2.07. The predicted molar refractivity (Wildman–Crippen MR) is 47.5 cm³/mol. The highest BCUT2D eigenvalue weighted by Crippen LogP contribution is 2.23. The first-order valence-corrected chi connectivity index (χ1v) is 3.77. The van der Waals surface area contributed by atoms with Crippen molar-refractivity contribution in [2.75, 3.05) is 14.2 Å². The topological polar surface area (TPSA) is 48.4 Å². The van der Waals surface area contributed by atoms with E-state index >= 15 is 0 Å². The monoisotopic (exact) mass is 181 g/mol. The summed E-state index contributed by atoms with van der Waals surface area (Å²) in [5.41, 5.74) is 1.06. The van der Waals surface area contributed by atoms with E-state index in [1.165, 1.54) is 14.2 Å². The molecule has 0 fully saturated rings. The molecule has 0 N–H and O–H groups in total. The van der Waals surface area contributed by atoms with Crippen LogP contribution in [0.25, 0.3) is 0 Å². The first-order valence-electron chi connectivity index (χ1n) is 3.77. The van der Waals surface area contributed by atoms with Gasteiger partial charge in [0.2, 0.25) is 5.88 Å². The molecule has 0 spiro atoms. The quantitative estimate of drug-likeness (QED) is 0.658. The molecular formula is C9H11NO3. The summed E-state index contributed by atoms with van der Waals surface area (Å²) >= 11 is 0. The average Bonchev–Trinajstić information content (AvgIpc) is 2.16. The molecule has 1 aromatic heterocycles. The molecule has 0 saturated carbocycles. The number of aldehydes is 1. The summed E-state index contributed by atoms with van der Waals surface area (Å²) in [7, 11) is 3.02. The van der Waals surface area contributed by atoms with Crippen LogP contribution in [-0.4, -0.2) is 25.5 Å². The molecule has 0 aliphatic rings. The van der Waals surface area contributed by atoms with Crippen molar-refractivity contribution < 1.29 is 14.3 Å². The van der Waals surface area contributed by atoms with Crippen molar-refractivity contribution in [3.63, 3.8) is 0 Å². The van der Waals surface area contributed by atoms with Gasteiger partial charge in [-0.25, -0.2) is 4.98 Å². The number of carbonyl (C=O) groups is 1. The van der Waals surface area contributed by atoms with Crippen LogP contribution < -0.4 is 9.47 Å². The van der Waals surface area contributed by atoms with Gasteiger partial charge >= 0.3 is 0 Å². The molecule has 0 atom stereocenters. The van der Waals surface area contributed by atoms with Crippen LogP contribution in [-0.2, 0) is 0 Å². The number of aromatic nitrogens is 1. The van der Waals surface area contributed by atoms with Crippen LogP contribution in [0.4, 0.5) is 0 Å². The van der Waals surface area contributed by atoms with E-state index in [1.807, 2.05) is 0 Å². The van der Waals surface area contributed by atoms with Crippen LogP contribution in [0, 0.1) is 6.92 Å². The zero-order chi connectivity index (χ0) is 9.84. The molecule has 0 bridgehead atoms. The zero-order valence-electron chi connectivity index (χ0n) is 7.83. The molecule has 70 valence electrons. The molecular weight excluding hydrogens is 170 g/mol. The Kier molecular flexibility index (Phi) is 2.84. The van der Waals surface area contributed by atoms with Gasteiger partial charge in [0, 0.05) is 6.07 Å². The number of carbonyl (C=O) groups excluding carboxylic acids is 1. The minimum absolute atomic E-state index is 0.444. The largest absolute Gasteiger partial charge is 0.496 e. The number of aryl methyl sites for hydroxylation is 1. The summed E-state index contributed by atoms with van der Waals surface area (Å²) in [6.45, 7) is 1.73. The molecule has 0 saturated heterocycles. The number of hydrogen-bond donors (Lipinski definition) is 0. The van der Waals surface area contributed by atoms with Gasteiger partial charge in [-0.15, -0.1) is 0 Å².